The molecule has 8 heteroatoms. The van der Waals surface area contributed by atoms with Crippen molar-refractivity contribution in [3.05, 3.63) is 27.3 Å². The van der Waals surface area contributed by atoms with E-state index in [1.807, 2.05) is 0 Å². The highest BCUT2D eigenvalue weighted by molar-refractivity contribution is 8.08. The largest absolute Gasteiger partial charge is 0.489 e. The van der Waals surface area contributed by atoms with E-state index in [9.17, 15) is 14.3 Å². The summed E-state index contributed by atoms with van der Waals surface area (Å²) in [6.45, 7) is 0. The van der Waals surface area contributed by atoms with Gasteiger partial charge < -0.3 is 4.74 Å². The van der Waals surface area contributed by atoms with Gasteiger partial charge in [-0.3, -0.25) is 10.1 Å². The number of nitro benzene ring substituents is 1. The average Bonchev–Trinajstić information content (AvgIpc) is 2.16. The Morgan fingerprint density at radius 1 is 1.53 bits per heavy atom. The zero-order valence-corrected chi connectivity index (χ0v) is 9.73. The smallest absolute Gasteiger partial charge is 0.313 e. The van der Waals surface area contributed by atoms with Crippen LogP contribution in [0.3, 0.4) is 0 Å². The molecule has 0 bridgehead atoms. The molecule has 0 heterocycles. The van der Waals surface area contributed by atoms with Crippen molar-refractivity contribution >= 4 is 38.0 Å². The standard InChI is InChI=1S/C7H5Cl2NO4S/c1-14-7-5(10(11)12)2-4(8)3-6(7)15(9)13/h2-3H,1H3. The summed E-state index contributed by atoms with van der Waals surface area (Å²) in [5.74, 6) is -0.141. The van der Waals surface area contributed by atoms with Crippen LogP contribution in [0.1, 0.15) is 0 Å². The third kappa shape index (κ3) is 2.58. The molecule has 0 aliphatic heterocycles. The molecular weight excluding hydrogens is 265 g/mol. The predicted molar refractivity (Wildman–Crippen MR) is 56.9 cm³/mol. The molecule has 0 saturated carbocycles. The molecule has 0 radical (unpaired) electrons. The Kier molecular flexibility index (Phi) is 3.90. The van der Waals surface area contributed by atoms with E-state index in [2.05, 4.69) is 0 Å². The molecule has 5 nitrogen and oxygen atoms in total. The van der Waals surface area contributed by atoms with Gasteiger partial charge in [0.05, 0.1) is 12.0 Å². The fourth-order valence-electron chi connectivity index (χ4n) is 1.01. The second kappa shape index (κ2) is 4.78. The number of benzene rings is 1. The number of halogens is 2. The van der Waals surface area contributed by atoms with Crippen molar-refractivity contribution < 1.29 is 13.9 Å². The van der Waals surface area contributed by atoms with Crippen molar-refractivity contribution in [3.63, 3.8) is 0 Å². The first-order valence-electron chi connectivity index (χ1n) is 3.57. The maximum absolute atomic E-state index is 11.1. The third-order valence-corrected chi connectivity index (χ3v) is 2.94. The maximum Gasteiger partial charge on any atom is 0.313 e. The van der Waals surface area contributed by atoms with Gasteiger partial charge in [0.2, 0.25) is 5.75 Å². The van der Waals surface area contributed by atoms with Crippen LogP contribution in [0.5, 0.6) is 5.75 Å². The normalized spacial score (nSPS) is 12.2. The Morgan fingerprint density at radius 2 is 2.13 bits per heavy atom. The van der Waals surface area contributed by atoms with Gasteiger partial charge in [0.1, 0.15) is 4.90 Å². The summed E-state index contributed by atoms with van der Waals surface area (Å²) >= 11 is 5.61. The van der Waals surface area contributed by atoms with E-state index in [1.165, 1.54) is 13.2 Å². The molecule has 0 N–H and O–H groups in total. The topological polar surface area (TPSA) is 69.4 Å². The average molecular weight is 270 g/mol. The number of ether oxygens (including phenoxy) is 1. The van der Waals surface area contributed by atoms with Crippen molar-refractivity contribution in [2.45, 2.75) is 4.90 Å². The Bertz CT molecular complexity index is 402. The van der Waals surface area contributed by atoms with Gasteiger partial charge in [0, 0.05) is 11.1 Å². The van der Waals surface area contributed by atoms with Crippen molar-refractivity contribution in [1.29, 1.82) is 0 Å². The van der Waals surface area contributed by atoms with Gasteiger partial charge in [-0.2, -0.15) is 0 Å². The Morgan fingerprint density at radius 3 is 2.53 bits per heavy atom. The lowest BCUT2D eigenvalue weighted by Gasteiger charge is -2.05. The lowest BCUT2D eigenvalue weighted by Crippen LogP contribution is -1.98. The first-order chi connectivity index (χ1) is 6.97. The third-order valence-electron chi connectivity index (χ3n) is 1.57. The molecule has 0 fully saturated rings. The summed E-state index contributed by atoms with van der Waals surface area (Å²) in [4.78, 5) is 9.93. The van der Waals surface area contributed by atoms with E-state index in [-0.39, 0.29) is 21.4 Å². The minimum atomic E-state index is -1.92. The fourth-order valence-corrected chi connectivity index (χ4v) is 2.19. The van der Waals surface area contributed by atoms with Crippen molar-refractivity contribution in [3.8, 4) is 5.75 Å². The van der Waals surface area contributed by atoms with Crippen LogP contribution in [-0.4, -0.2) is 16.2 Å². The van der Waals surface area contributed by atoms with Crippen molar-refractivity contribution in [2.75, 3.05) is 7.11 Å². The predicted octanol–water partition coefficient (Wildman–Crippen LogP) is 2.52. The molecule has 1 rings (SSSR count). The molecule has 0 aliphatic carbocycles. The fraction of sp³-hybridized carbons (Fsp3) is 0.143. The molecule has 0 spiro atoms. The maximum atomic E-state index is 11.1. The summed E-state index contributed by atoms with van der Waals surface area (Å²) in [5.41, 5.74) is -0.367. The van der Waals surface area contributed by atoms with Crippen LogP contribution in [0.4, 0.5) is 5.69 Å². The number of nitro groups is 1. The van der Waals surface area contributed by atoms with Crippen LogP contribution in [0, 0.1) is 10.1 Å². The molecule has 0 aromatic heterocycles. The minimum absolute atomic E-state index is 0.0154. The van der Waals surface area contributed by atoms with Crippen molar-refractivity contribution in [1.82, 2.24) is 0 Å². The summed E-state index contributed by atoms with van der Waals surface area (Å²) in [6, 6.07) is 2.37. The number of nitrogens with zero attached hydrogens (tertiary/aromatic N) is 1. The van der Waals surface area contributed by atoms with E-state index in [0.717, 1.165) is 6.07 Å². The molecule has 1 atom stereocenters. The molecule has 0 amide bonds. The molecule has 1 unspecified atom stereocenters. The van der Waals surface area contributed by atoms with Crippen molar-refractivity contribution in [2.24, 2.45) is 0 Å². The Labute approximate surface area is 97.0 Å². The molecule has 0 aliphatic rings. The van der Waals surface area contributed by atoms with E-state index in [1.54, 1.807) is 0 Å². The zero-order valence-electron chi connectivity index (χ0n) is 7.40. The number of rotatable bonds is 3. The second-order valence-corrected chi connectivity index (χ2v) is 4.60. The van der Waals surface area contributed by atoms with Crippen LogP contribution in [0.15, 0.2) is 17.0 Å². The molecule has 1 aromatic carbocycles. The van der Waals surface area contributed by atoms with E-state index in [0.29, 0.717) is 0 Å². The first kappa shape index (κ1) is 12.2. The highest BCUT2D eigenvalue weighted by atomic mass is 35.7. The van der Waals surface area contributed by atoms with Crippen LogP contribution in [0.2, 0.25) is 5.02 Å². The Hall–Kier alpha value is -0.850. The highest BCUT2D eigenvalue weighted by Crippen LogP contribution is 2.36. The van der Waals surface area contributed by atoms with Gasteiger partial charge in [-0.05, 0) is 16.7 Å². The van der Waals surface area contributed by atoms with Gasteiger partial charge in [0.15, 0.2) is 10.0 Å². The molecule has 0 saturated heterocycles. The zero-order chi connectivity index (χ0) is 11.6. The van der Waals surface area contributed by atoms with Crippen LogP contribution in [-0.2, 0) is 10.0 Å². The SMILES string of the molecule is COc1c([N+](=O)[O-])cc(Cl)cc1S(=O)Cl. The molecular formula is C7H5Cl2NO4S. The summed E-state index contributed by atoms with van der Waals surface area (Å²) < 4.78 is 15.8. The lowest BCUT2D eigenvalue weighted by molar-refractivity contribution is -0.386. The second-order valence-electron chi connectivity index (χ2n) is 2.44. The van der Waals surface area contributed by atoms with Gasteiger partial charge >= 0.3 is 5.69 Å². The summed E-state index contributed by atoms with van der Waals surface area (Å²) in [7, 11) is 4.65. The quantitative estimate of drug-likeness (QED) is 0.480. The summed E-state index contributed by atoms with van der Waals surface area (Å²) in [6.07, 6.45) is 0. The summed E-state index contributed by atoms with van der Waals surface area (Å²) in [5, 5.41) is 10.7. The van der Waals surface area contributed by atoms with E-state index >= 15 is 0 Å². The number of hydrogen-bond donors (Lipinski definition) is 0. The molecule has 1 aromatic rings. The van der Waals surface area contributed by atoms with Crippen LogP contribution < -0.4 is 4.74 Å². The number of hydrogen-bond acceptors (Lipinski definition) is 4. The first-order valence-corrected chi connectivity index (χ1v) is 5.92. The minimum Gasteiger partial charge on any atom is -0.489 e. The molecule has 15 heavy (non-hydrogen) atoms. The van der Waals surface area contributed by atoms with Gasteiger partial charge in [-0.25, -0.2) is 4.21 Å². The van der Waals surface area contributed by atoms with Gasteiger partial charge in [0.25, 0.3) is 0 Å². The van der Waals surface area contributed by atoms with Gasteiger partial charge in [-0.1, -0.05) is 11.6 Å². The van der Waals surface area contributed by atoms with Crippen LogP contribution in [0.25, 0.3) is 0 Å². The Balaban J connectivity index is 3.52. The van der Waals surface area contributed by atoms with Gasteiger partial charge in [-0.15, -0.1) is 0 Å². The lowest BCUT2D eigenvalue weighted by atomic mass is 10.3. The van der Waals surface area contributed by atoms with E-state index in [4.69, 9.17) is 27.0 Å². The van der Waals surface area contributed by atoms with Crippen LogP contribution >= 0.6 is 22.3 Å². The number of methoxy groups -OCH3 is 1. The monoisotopic (exact) mass is 269 g/mol. The molecule has 82 valence electrons. The van der Waals surface area contributed by atoms with E-state index < -0.39 is 14.9 Å². The highest BCUT2D eigenvalue weighted by Gasteiger charge is 2.22.